The summed E-state index contributed by atoms with van der Waals surface area (Å²) in [7, 11) is -3.27. The summed E-state index contributed by atoms with van der Waals surface area (Å²) in [6.07, 6.45) is 7.93. The number of thioether (sulfide) groups is 1. The van der Waals surface area contributed by atoms with E-state index >= 15 is 0 Å². The van der Waals surface area contributed by atoms with E-state index < -0.39 is 7.82 Å². The van der Waals surface area contributed by atoms with Crippen LogP contribution in [0.15, 0.2) is 82.8 Å². The van der Waals surface area contributed by atoms with Gasteiger partial charge in [0.1, 0.15) is 7.82 Å². The van der Waals surface area contributed by atoms with Gasteiger partial charge >= 0.3 is 59.1 Å². The van der Waals surface area contributed by atoms with Crippen molar-refractivity contribution >= 4 is 42.4 Å². The monoisotopic (exact) mass is 491 g/mol. The Kier molecular flexibility index (Phi) is 10.1. The fraction of sp³-hybridized carbons (Fsp3) is 0.143. The van der Waals surface area contributed by atoms with Crippen molar-refractivity contribution < 1.29 is 78.0 Å². The standard InChI is InChI=1S/C21H19ClNO4PS.2Na/c1-23-18-8-4-2-6-16(18)20(17-7-3-5-9-19(17)23)21(27-28(24,25)26)29-15-12-10-14(22)11-13-15;;/h2-13,16,18H,1H3,(H2,24,25,26);;/q;2*+1/p-2/b21-20-;;. The minimum Gasteiger partial charge on any atom is -0.780 e. The zero-order valence-electron chi connectivity index (χ0n) is 17.4. The normalized spacial score (nSPS) is 20.7. The molecular formula is C21H17ClNNa2O4PS. The molecule has 2 aliphatic rings. The average Bonchev–Trinajstić information content (AvgIpc) is 2.69. The van der Waals surface area contributed by atoms with E-state index in [1.54, 1.807) is 24.3 Å². The van der Waals surface area contributed by atoms with E-state index in [1.807, 2.05) is 49.5 Å². The molecule has 0 saturated carbocycles. The molecule has 0 aromatic heterocycles. The topological polar surface area (TPSA) is 75.7 Å². The fourth-order valence-electron chi connectivity index (χ4n) is 3.66. The fourth-order valence-corrected chi connectivity index (χ4v) is 5.35. The molecule has 1 heterocycles. The first-order valence-corrected chi connectivity index (χ1v) is 11.6. The minimum absolute atomic E-state index is 0. The van der Waals surface area contributed by atoms with Crippen LogP contribution < -0.4 is 73.8 Å². The van der Waals surface area contributed by atoms with E-state index in [0.717, 1.165) is 23.0 Å². The molecule has 2 aromatic rings. The number of nitrogens with zero attached hydrogens (tertiary/aromatic N) is 1. The zero-order chi connectivity index (χ0) is 20.6. The second-order valence-corrected chi connectivity index (χ2v) is 9.27. The molecular weight excluding hydrogens is 475 g/mol. The molecule has 5 nitrogen and oxygen atoms in total. The Morgan fingerprint density at radius 1 is 1.06 bits per heavy atom. The second-order valence-electron chi connectivity index (χ2n) is 6.71. The third-order valence-corrected chi connectivity index (χ3v) is 6.68. The molecule has 0 bridgehead atoms. The summed E-state index contributed by atoms with van der Waals surface area (Å²) in [5, 5.41) is 0.629. The minimum atomic E-state index is -5.27. The third kappa shape index (κ3) is 6.34. The van der Waals surface area contributed by atoms with E-state index in [4.69, 9.17) is 16.1 Å². The molecule has 0 radical (unpaired) electrons. The van der Waals surface area contributed by atoms with Gasteiger partial charge < -0.3 is 23.8 Å². The first-order valence-electron chi connectivity index (χ1n) is 8.90. The zero-order valence-corrected chi connectivity index (χ0v) is 23.9. The van der Waals surface area contributed by atoms with Crippen molar-refractivity contribution in [3.63, 3.8) is 0 Å². The van der Waals surface area contributed by atoms with Crippen molar-refractivity contribution in [1.82, 2.24) is 0 Å². The molecule has 4 rings (SSSR count). The van der Waals surface area contributed by atoms with Crippen molar-refractivity contribution in [3.8, 4) is 0 Å². The maximum absolute atomic E-state index is 11.6. The number of benzene rings is 2. The number of allylic oxidation sites excluding steroid dienone is 2. The molecule has 2 atom stereocenters. The molecule has 2 aromatic carbocycles. The Morgan fingerprint density at radius 2 is 1.71 bits per heavy atom. The molecule has 2 unspecified atom stereocenters. The quantitative estimate of drug-likeness (QED) is 0.218. The van der Waals surface area contributed by atoms with Crippen molar-refractivity contribution in [2.45, 2.75) is 10.9 Å². The van der Waals surface area contributed by atoms with Gasteiger partial charge in [-0.25, -0.2) is 0 Å². The van der Waals surface area contributed by atoms with Crippen LogP contribution in [0.25, 0.3) is 5.57 Å². The summed E-state index contributed by atoms with van der Waals surface area (Å²) in [6.45, 7) is 0. The van der Waals surface area contributed by atoms with Gasteiger partial charge in [-0.3, -0.25) is 0 Å². The summed E-state index contributed by atoms with van der Waals surface area (Å²) in [6, 6.07) is 14.6. The first-order chi connectivity index (χ1) is 13.8. The molecule has 0 fully saturated rings. The van der Waals surface area contributed by atoms with Crippen molar-refractivity contribution in [1.29, 1.82) is 0 Å². The van der Waals surface area contributed by atoms with Crippen LogP contribution in [0.2, 0.25) is 5.02 Å². The Balaban J connectivity index is 0.00000171. The van der Waals surface area contributed by atoms with Gasteiger partial charge in [-0.1, -0.05) is 65.9 Å². The maximum Gasteiger partial charge on any atom is 1.00 e. The van der Waals surface area contributed by atoms with E-state index in [0.29, 0.717) is 15.5 Å². The third-order valence-electron chi connectivity index (χ3n) is 4.90. The number of hydrogen-bond donors (Lipinski definition) is 0. The summed E-state index contributed by atoms with van der Waals surface area (Å²) >= 11 is 7.06. The molecule has 0 amide bonds. The predicted molar refractivity (Wildman–Crippen MR) is 113 cm³/mol. The van der Waals surface area contributed by atoms with Crippen LogP contribution >= 0.6 is 31.2 Å². The number of likely N-dealkylation sites (N-methyl/N-ethyl adjacent to an activating group) is 1. The number of hydrogen-bond acceptors (Lipinski definition) is 6. The van der Waals surface area contributed by atoms with Gasteiger partial charge in [0.2, 0.25) is 0 Å². The number of rotatable bonds is 4. The number of anilines is 1. The second kappa shape index (κ2) is 11.5. The number of phosphoric ester groups is 1. The molecule has 0 saturated heterocycles. The van der Waals surface area contributed by atoms with Crippen LogP contribution in [0.3, 0.4) is 0 Å². The smallest absolute Gasteiger partial charge is 0.780 e. The molecule has 0 spiro atoms. The van der Waals surface area contributed by atoms with Crippen molar-refractivity contribution in [2.24, 2.45) is 5.92 Å². The molecule has 1 aliphatic heterocycles. The van der Waals surface area contributed by atoms with Crippen LogP contribution in [-0.4, -0.2) is 13.1 Å². The van der Waals surface area contributed by atoms with E-state index in [-0.39, 0.29) is 76.2 Å². The predicted octanol–water partition coefficient (Wildman–Crippen LogP) is -1.79. The SMILES string of the molecule is CN1c2ccccc2/C(=C(/OP(=O)([O-])[O-])Sc2ccc(Cl)cc2)C2C=CC=CC21.[Na+].[Na+]. The molecule has 150 valence electrons. The van der Waals surface area contributed by atoms with E-state index in [9.17, 15) is 14.4 Å². The molecule has 31 heavy (non-hydrogen) atoms. The van der Waals surface area contributed by atoms with E-state index in [2.05, 4.69) is 11.0 Å². The number of fused-ring (bicyclic) bond motifs is 2. The van der Waals surface area contributed by atoms with Crippen molar-refractivity contribution in [2.75, 3.05) is 11.9 Å². The van der Waals surface area contributed by atoms with Crippen LogP contribution in [0.5, 0.6) is 0 Å². The van der Waals surface area contributed by atoms with Crippen LogP contribution in [-0.2, 0) is 9.09 Å². The molecule has 0 N–H and O–H groups in total. The number of para-hydroxylation sites is 1. The van der Waals surface area contributed by atoms with Crippen molar-refractivity contribution in [3.05, 3.63) is 88.5 Å². The van der Waals surface area contributed by atoms with Gasteiger partial charge in [0.15, 0.2) is 5.09 Å². The van der Waals surface area contributed by atoms with E-state index in [1.165, 1.54) is 0 Å². The number of phosphoric acid groups is 1. The van der Waals surface area contributed by atoms with Gasteiger partial charge in [0.25, 0.3) is 0 Å². The molecule has 10 heteroatoms. The molecule has 1 aliphatic carbocycles. The van der Waals surface area contributed by atoms with Crippen LogP contribution in [0, 0.1) is 5.92 Å². The Hall–Kier alpha value is 0.0500. The van der Waals surface area contributed by atoms with Gasteiger partial charge in [-0.15, -0.1) is 0 Å². The van der Waals surface area contributed by atoms with Gasteiger partial charge in [-0.05, 0) is 30.3 Å². The summed E-state index contributed by atoms with van der Waals surface area (Å²) in [5.41, 5.74) is 2.45. The average molecular weight is 492 g/mol. The first kappa shape index (κ1) is 27.3. The Bertz CT molecular complexity index is 1070. The van der Waals surface area contributed by atoms with Crippen LogP contribution in [0.4, 0.5) is 5.69 Å². The van der Waals surface area contributed by atoms with Crippen LogP contribution in [0.1, 0.15) is 5.56 Å². The summed E-state index contributed by atoms with van der Waals surface area (Å²) < 4.78 is 16.6. The Morgan fingerprint density at radius 3 is 2.39 bits per heavy atom. The maximum atomic E-state index is 11.6. The summed E-state index contributed by atoms with van der Waals surface area (Å²) in [4.78, 5) is 26.1. The van der Waals surface area contributed by atoms with Gasteiger partial charge in [-0.2, -0.15) is 0 Å². The Labute approximate surface area is 235 Å². The van der Waals surface area contributed by atoms with Gasteiger partial charge in [0, 0.05) is 39.7 Å². The largest absolute Gasteiger partial charge is 1.00 e. The number of halogens is 1. The summed E-state index contributed by atoms with van der Waals surface area (Å²) in [5.74, 6) is -0.166. The van der Waals surface area contributed by atoms with Gasteiger partial charge in [0.05, 0.1) is 6.04 Å².